The highest BCUT2D eigenvalue weighted by Crippen LogP contribution is 2.51. The predicted octanol–water partition coefficient (Wildman–Crippen LogP) is 3.98. The van der Waals surface area contributed by atoms with Gasteiger partial charge in [-0.1, -0.05) is 37.3 Å². The van der Waals surface area contributed by atoms with Crippen LogP contribution in [0.1, 0.15) is 18.9 Å². The Bertz CT molecular complexity index is 593. The van der Waals surface area contributed by atoms with Gasteiger partial charge in [0.05, 0.1) is 23.7 Å². The van der Waals surface area contributed by atoms with Gasteiger partial charge in [0.1, 0.15) is 18.9 Å². The van der Waals surface area contributed by atoms with E-state index >= 15 is 0 Å². The number of hydrogen-bond donors (Lipinski definition) is 1. The summed E-state index contributed by atoms with van der Waals surface area (Å²) in [5.41, 5.74) is 0.694. The van der Waals surface area contributed by atoms with Crippen LogP contribution in [0.25, 0.3) is 0 Å². The summed E-state index contributed by atoms with van der Waals surface area (Å²) in [7, 11) is -4.10. The van der Waals surface area contributed by atoms with Gasteiger partial charge in [-0.05, 0) is 12.0 Å². The van der Waals surface area contributed by atoms with Gasteiger partial charge in [-0.15, -0.1) is 0 Å². The van der Waals surface area contributed by atoms with Gasteiger partial charge in [0.15, 0.2) is 0 Å². The monoisotopic (exact) mass is 399 g/mol. The molecule has 0 aliphatic carbocycles. The first kappa shape index (κ1) is 20.7. The van der Waals surface area contributed by atoms with Crippen LogP contribution in [0.5, 0.6) is 0 Å². The Kier molecular flexibility index (Phi) is 8.52. The number of amides is 1. The van der Waals surface area contributed by atoms with Crippen molar-refractivity contribution in [3.05, 3.63) is 35.9 Å². The Morgan fingerprint density at radius 2 is 1.83 bits per heavy atom. The lowest BCUT2D eigenvalue weighted by molar-refractivity contribution is -0.142. The van der Waals surface area contributed by atoms with Crippen molar-refractivity contribution in [2.45, 2.75) is 26.0 Å². The summed E-state index contributed by atoms with van der Waals surface area (Å²) in [6, 6.07) is 7.43. The van der Waals surface area contributed by atoms with Gasteiger partial charge in [-0.25, -0.2) is 9.59 Å². The minimum Gasteiger partial charge on any atom is -0.480 e. The number of hydrogen-bond acceptors (Lipinski definition) is 6. The third-order valence-corrected chi connectivity index (χ3v) is 5.36. The molecular weight excluding hydrogens is 384 g/mol. The lowest BCUT2D eigenvalue weighted by Gasteiger charge is -2.28. The second-order valence-corrected chi connectivity index (χ2v) is 7.27. The van der Waals surface area contributed by atoms with Crippen LogP contribution < -0.4 is 0 Å². The third kappa shape index (κ3) is 5.96. The molecule has 1 aromatic rings. The Balaban J connectivity index is 2.92. The van der Waals surface area contributed by atoms with E-state index in [1.54, 1.807) is 30.3 Å². The number of ether oxygens (including phenoxy) is 1. The molecule has 0 saturated heterocycles. The standard InChI is InChI=1S/C13H16Cl2NO7P/c1-2-11(12(17)18)16(9-24(20,22-14)23-15)13(19)21-8-10-6-4-3-5-7-10/h3-7,11H,2,8-9H2,1H3,(H,17,18). The van der Waals surface area contributed by atoms with Crippen LogP contribution in [0, 0.1) is 0 Å². The number of carbonyl (C=O) groups excluding carboxylic acids is 1. The van der Waals surface area contributed by atoms with Gasteiger partial charge in [0.25, 0.3) is 0 Å². The molecule has 24 heavy (non-hydrogen) atoms. The Morgan fingerprint density at radius 1 is 1.25 bits per heavy atom. The molecular formula is C13H16Cl2NO7P. The molecule has 1 amide bonds. The Morgan fingerprint density at radius 3 is 2.29 bits per heavy atom. The quantitative estimate of drug-likeness (QED) is 0.626. The van der Waals surface area contributed by atoms with E-state index in [-0.39, 0.29) is 13.0 Å². The number of carboxylic acid groups (broad SMARTS) is 1. The second kappa shape index (κ2) is 9.86. The van der Waals surface area contributed by atoms with E-state index < -0.39 is 32.0 Å². The van der Waals surface area contributed by atoms with Crippen LogP contribution in [0.4, 0.5) is 4.79 Å². The zero-order valence-corrected chi connectivity index (χ0v) is 15.0. The number of rotatable bonds is 9. The molecule has 1 unspecified atom stereocenters. The van der Waals surface area contributed by atoms with Crippen LogP contribution in [0.2, 0.25) is 0 Å². The Labute approximate surface area is 149 Å². The van der Waals surface area contributed by atoms with Gasteiger partial charge in [0.2, 0.25) is 0 Å². The summed E-state index contributed by atoms with van der Waals surface area (Å²) >= 11 is 10.1. The van der Waals surface area contributed by atoms with E-state index in [2.05, 4.69) is 8.15 Å². The number of aliphatic carboxylic acids is 1. The summed E-state index contributed by atoms with van der Waals surface area (Å²) in [5, 5.41) is 9.23. The van der Waals surface area contributed by atoms with Crippen molar-refractivity contribution in [2.75, 3.05) is 6.29 Å². The van der Waals surface area contributed by atoms with Gasteiger partial charge < -0.3 is 9.84 Å². The predicted molar refractivity (Wildman–Crippen MR) is 86.5 cm³/mol. The van der Waals surface area contributed by atoms with Gasteiger partial charge in [0, 0.05) is 0 Å². The molecule has 0 aliphatic rings. The number of nitrogens with zero attached hydrogens (tertiary/aromatic N) is 1. The summed E-state index contributed by atoms with van der Waals surface area (Å²) in [5.74, 6) is -1.31. The first-order valence-corrected chi connectivity index (χ1v) is 9.11. The van der Waals surface area contributed by atoms with Crippen molar-refractivity contribution in [2.24, 2.45) is 0 Å². The molecule has 1 atom stereocenters. The molecule has 0 aromatic heterocycles. The average molecular weight is 400 g/mol. The van der Waals surface area contributed by atoms with Crippen LogP contribution >= 0.6 is 31.3 Å². The normalized spacial score (nSPS) is 12.5. The van der Waals surface area contributed by atoms with Crippen molar-refractivity contribution in [1.29, 1.82) is 0 Å². The Hall–Kier alpha value is -1.31. The molecule has 8 nitrogen and oxygen atoms in total. The minimum absolute atomic E-state index is 0.0281. The maximum atomic E-state index is 12.3. The van der Waals surface area contributed by atoms with Crippen molar-refractivity contribution >= 4 is 43.4 Å². The fourth-order valence-electron chi connectivity index (χ4n) is 1.85. The van der Waals surface area contributed by atoms with Gasteiger partial charge in [-0.3, -0.25) is 9.46 Å². The minimum atomic E-state index is -4.10. The van der Waals surface area contributed by atoms with Gasteiger partial charge >= 0.3 is 19.7 Å². The molecule has 1 aromatic carbocycles. The molecule has 0 aliphatic heterocycles. The van der Waals surface area contributed by atoms with E-state index in [1.807, 2.05) is 0 Å². The van der Waals surface area contributed by atoms with E-state index in [0.29, 0.717) is 10.5 Å². The maximum absolute atomic E-state index is 12.3. The van der Waals surface area contributed by atoms with Crippen molar-refractivity contribution in [1.82, 2.24) is 4.90 Å². The summed E-state index contributed by atoms with van der Waals surface area (Å²) < 4.78 is 25.4. The highest BCUT2D eigenvalue weighted by Gasteiger charge is 2.38. The van der Waals surface area contributed by atoms with Crippen LogP contribution in [0.3, 0.4) is 0 Å². The lowest BCUT2D eigenvalue weighted by Crippen LogP contribution is -2.45. The first-order chi connectivity index (χ1) is 11.4. The van der Waals surface area contributed by atoms with Gasteiger partial charge in [-0.2, -0.15) is 8.15 Å². The van der Waals surface area contributed by atoms with Crippen molar-refractivity contribution in [3.63, 3.8) is 0 Å². The fraction of sp³-hybridized carbons (Fsp3) is 0.385. The molecule has 1 rings (SSSR count). The third-order valence-electron chi connectivity index (χ3n) is 3.02. The fourth-order valence-corrected chi connectivity index (χ4v) is 3.17. The smallest absolute Gasteiger partial charge is 0.411 e. The molecule has 0 fully saturated rings. The molecule has 0 spiro atoms. The van der Waals surface area contributed by atoms with Crippen LogP contribution in [-0.4, -0.2) is 34.4 Å². The highest BCUT2D eigenvalue weighted by atomic mass is 35.5. The summed E-state index contributed by atoms with van der Waals surface area (Å²) in [6.07, 6.45) is -1.77. The first-order valence-electron chi connectivity index (χ1n) is 6.76. The molecule has 0 radical (unpaired) electrons. The second-order valence-electron chi connectivity index (χ2n) is 4.66. The summed E-state index contributed by atoms with van der Waals surface area (Å²) in [4.78, 5) is 24.3. The molecule has 134 valence electrons. The number of halogens is 2. The molecule has 11 heteroatoms. The largest absolute Gasteiger partial charge is 0.480 e. The number of carbonyl (C=O) groups is 2. The molecule has 1 N–H and O–H groups in total. The van der Waals surface area contributed by atoms with E-state index in [1.165, 1.54) is 6.92 Å². The van der Waals surface area contributed by atoms with E-state index in [4.69, 9.17) is 28.5 Å². The van der Waals surface area contributed by atoms with Crippen molar-refractivity contribution < 1.29 is 32.1 Å². The molecule has 0 bridgehead atoms. The zero-order valence-electron chi connectivity index (χ0n) is 12.6. The number of benzene rings is 1. The number of carboxylic acids is 1. The average Bonchev–Trinajstić information content (AvgIpc) is 2.59. The van der Waals surface area contributed by atoms with Crippen molar-refractivity contribution in [3.8, 4) is 0 Å². The van der Waals surface area contributed by atoms with E-state index in [9.17, 15) is 19.3 Å². The SMILES string of the molecule is CCC(C(=O)O)N(CP(=O)(OCl)OCl)C(=O)OCc1ccccc1. The van der Waals surface area contributed by atoms with Crippen LogP contribution in [-0.2, 0) is 28.9 Å². The zero-order chi connectivity index (χ0) is 18.2. The van der Waals surface area contributed by atoms with Crippen LogP contribution in [0.15, 0.2) is 30.3 Å². The maximum Gasteiger partial charge on any atom is 0.411 e. The topological polar surface area (TPSA) is 102 Å². The molecule has 0 saturated carbocycles. The lowest BCUT2D eigenvalue weighted by atomic mass is 10.2. The summed E-state index contributed by atoms with van der Waals surface area (Å²) in [6.45, 7) is 1.43. The highest BCUT2D eigenvalue weighted by molar-refractivity contribution is 7.55. The molecule has 0 heterocycles. The van der Waals surface area contributed by atoms with E-state index in [0.717, 1.165) is 0 Å².